The van der Waals surface area contributed by atoms with Crippen LogP contribution in [0.5, 0.6) is 5.75 Å². The van der Waals surface area contributed by atoms with Crippen LogP contribution in [-0.4, -0.2) is 18.3 Å². The molecule has 0 amide bonds. The third-order valence-corrected chi connectivity index (χ3v) is 4.50. The van der Waals surface area contributed by atoms with E-state index < -0.39 is 11.9 Å². The van der Waals surface area contributed by atoms with Crippen molar-refractivity contribution in [2.24, 2.45) is 10.9 Å². The molecule has 0 fully saturated rings. The van der Waals surface area contributed by atoms with Gasteiger partial charge < -0.3 is 10.6 Å². The van der Waals surface area contributed by atoms with E-state index in [1.54, 1.807) is 18.2 Å². The molecule has 26 heavy (non-hydrogen) atoms. The number of nitrogens with two attached hydrogens (primary N) is 1. The number of ether oxygens (including phenoxy) is 1. The number of aryl methyl sites for hydroxylation is 1. The molecular formula is C17H15F3N4OS. The Hall–Kier alpha value is -2.73. The van der Waals surface area contributed by atoms with E-state index in [0.717, 1.165) is 29.0 Å². The standard InChI is InChI=1S/C17H15F3N4OS/c1-10-5-15(17(18,19)20)24-16(13(10)7-21)26-9-12-6-11(8-23-22)3-4-14(12)25-2/h3-6,8H,9,22H2,1-2H3. The van der Waals surface area contributed by atoms with Gasteiger partial charge in [-0.1, -0.05) is 0 Å². The fourth-order valence-electron chi connectivity index (χ4n) is 2.25. The van der Waals surface area contributed by atoms with Crippen molar-refractivity contribution >= 4 is 18.0 Å². The Balaban J connectivity index is 2.39. The normalized spacial score (nSPS) is 11.5. The summed E-state index contributed by atoms with van der Waals surface area (Å²) in [6, 6.07) is 8.01. The van der Waals surface area contributed by atoms with Gasteiger partial charge in [-0.25, -0.2) is 4.98 Å². The molecule has 1 aromatic carbocycles. The van der Waals surface area contributed by atoms with Crippen molar-refractivity contribution in [1.82, 2.24) is 4.98 Å². The van der Waals surface area contributed by atoms with Crippen molar-refractivity contribution in [3.8, 4) is 11.8 Å². The zero-order valence-electron chi connectivity index (χ0n) is 14.0. The molecule has 1 aromatic heterocycles. The van der Waals surface area contributed by atoms with E-state index in [9.17, 15) is 18.4 Å². The number of hydrogen-bond acceptors (Lipinski definition) is 6. The summed E-state index contributed by atoms with van der Waals surface area (Å²) >= 11 is 1.04. The number of hydrazone groups is 1. The summed E-state index contributed by atoms with van der Waals surface area (Å²) in [7, 11) is 1.49. The maximum atomic E-state index is 13.0. The molecule has 0 unspecified atom stereocenters. The van der Waals surface area contributed by atoms with Crippen LogP contribution in [-0.2, 0) is 11.9 Å². The molecule has 136 valence electrons. The molecule has 2 N–H and O–H groups in total. The lowest BCUT2D eigenvalue weighted by atomic mass is 10.1. The van der Waals surface area contributed by atoms with Crippen molar-refractivity contribution in [3.05, 3.63) is 52.2 Å². The number of alkyl halides is 3. The van der Waals surface area contributed by atoms with Crippen molar-refractivity contribution in [3.63, 3.8) is 0 Å². The number of halogens is 3. The van der Waals surface area contributed by atoms with Gasteiger partial charge in [0, 0.05) is 11.3 Å². The van der Waals surface area contributed by atoms with Crippen LogP contribution in [0.15, 0.2) is 34.4 Å². The Kier molecular flexibility index (Phi) is 6.10. The number of methoxy groups -OCH3 is 1. The molecule has 0 aliphatic heterocycles. The summed E-state index contributed by atoms with van der Waals surface area (Å²) in [5, 5.41) is 12.7. The Morgan fingerprint density at radius 1 is 1.38 bits per heavy atom. The first kappa shape index (κ1) is 19.6. The van der Waals surface area contributed by atoms with E-state index in [4.69, 9.17) is 10.6 Å². The monoisotopic (exact) mass is 380 g/mol. The van der Waals surface area contributed by atoms with E-state index >= 15 is 0 Å². The molecule has 2 rings (SSSR count). The van der Waals surface area contributed by atoms with E-state index in [1.165, 1.54) is 20.2 Å². The van der Waals surface area contributed by atoms with Crippen LogP contribution in [0.2, 0.25) is 0 Å². The summed E-state index contributed by atoms with van der Waals surface area (Å²) in [5.41, 5.74) is 0.774. The molecule has 0 bridgehead atoms. The average molecular weight is 380 g/mol. The number of thioether (sulfide) groups is 1. The number of nitrogens with zero attached hydrogens (tertiary/aromatic N) is 3. The van der Waals surface area contributed by atoms with E-state index in [1.807, 2.05) is 6.07 Å². The van der Waals surface area contributed by atoms with E-state index in [-0.39, 0.29) is 21.9 Å². The predicted octanol–water partition coefficient (Wildman–Crippen LogP) is 3.87. The molecule has 1 heterocycles. The fraction of sp³-hybridized carbons (Fsp3) is 0.235. The van der Waals surface area contributed by atoms with Gasteiger partial charge >= 0.3 is 6.18 Å². The Morgan fingerprint density at radius 3 is 2.69 bits per heavy atom. The molecule has 0 aliphatic rings. The van der Waals surface area contributed by atoms with Crippen LogP contribution in [0.1, 0.15) is 27.9 Å². The van der Waals surface area contributed by atoms with Gasteiger partial charge in [-0.2, -0.15) is 23.5 Å². The van der Waals surface area contributed by atoms with Crippen molar-refractivity contribution < 1.29 is 17.9 Å². The topological polar surface area (TPSA) is 84.3 Å². The second-order valence-corrected chi connectivity index (χ2v) is 6.22. The highest BCUT2D eigenvalue weighted by Gasteiger charge is 2.34. The molecule has 0 aliphatic carbocycles. The Morgan fingerprint density at radius 2 is 2.12 bits per heavy atom. The highest BCUT2D eigenvalue weighted by molar-refractivity contribution is 7.98. The summed E-state index contributed by atoms with van der Waals surface area (Å²) in [5.74, 6) is 5.96. The van der Waals surface area contributed by atoms with Gasteiger partial charge in [-0.05, 0) is 42.3 Å². The van der Waals surface area contributed by atoms with E-state index in [2.05, 4.69) is 10.1 Å². The van der Waals surface area contributed by atoms with Crippen LogP contribution in [0.4, 0.5) is 13.2 Å². The second kappa shape index (κ2) is 8.10. The summed E-state index contributed by atoms with van der Waals surface area (Å²) in [6.45, 7) is 1.46. The Bertz CT molecular complexity index is 876. The molecule has 2 aromatic rings. The number of nitriles is 1. The van der Waals surface area contributed by atoms with Gasteiger partial charge in [0.15, 0.2) is 0 Å². The van der Waals surface area contributed by atoms with Crippen molar-refractivity contribution in [2.45, 2.75) is 23.9 Å². The average Bonchev–Trinajstić information content (AvgIpc) is 2.59. The first-order chi connectivity index (χ1) is 12.3. The molecule has 0 atom stereocenters. The number of benzene rings is 1. The van der Waals surface area contributed by atoms with Crippen molar-refractivity contribution in [2.75, 3.05) is 7.11 Å². The van der Waals surface area contributed by atoms with Gasteiger partial charge in [0.1, 0.15) is 22.5 Å². The van der Waals surface area contributed by atoms with Crippen molar-refractivity contribution in [1.29, 1.82) is 5.26 Å². The molecule has 0 saturated heterocycles. The number of aromatic nitrogens is 1. The van der Waals surface area contributed by atoms with Crippen LogP contribution in [0.25, 0.3) is 0 Å². The Labute approximate surface area is 152 Å². The van der Waals surface area contributed by atoms with Crippen LogP contribution in [0.3, 0.4) is 0 Å². The van der Waals surface area contributed by atoms with Gasteiger partial charge in [0.25, 0.3) is 0 Å². The highest BCUT2D eigenvalue weighted by atomic mass is 32.2. The SMILES string of the molecule is COc1ccc(C=NN)cc1CSc1nc(C(F)(F)F)cc(C)c1C#N. The maximum Gasteiger partial charge on any atom is 0.433 e. The minimum Gasteiger partial charge on any atom is -0.496 e. The molecule has 0 radical (unpaired) electrons. The van der Waals surface area contributed by atoms with Gasteiger partial charge in [0.05, 0.1) is 18.9 Å². The molecule has 0 spiro atoms. The van der Waals surface area contributed by atoms with Gasteiger partial charge in [0.2, 0.25) is 0 Å². The minimum atomic E-state index is -4.58. The minimum absolute atomic E-state index is 0.0276. The lowest BCUT2D eigenvalue weighted by molar-refractivity contribution is -0.141. The lowest BCUT2D eigenvalue weighted by Crippen LogP contribution is -2.10. The van der Waals surface area contributed by atoms with Crippen LogP contribution >= 0.6 is 11.8 Å². The first-order valence-corrected chi connectivity index (χ1v) is 8.30. The number of hydrogen-bond donors (Lipinski definition) is 1. The fourth-order valence-corrected chi connectivity index (χ4v) is 3.28. The lowest BCUT2D eigenvalue weighted by Gasteiger charge is -2.13. The number of rotatable bonds is 5. The third kappa shape index (κ3) is 4.46. The maximum absolute atomic E-state index is 13.0. The largest absolute Gasteiger partial charge is 0.496 e. The molecule has 9 heteroatoms. The summed E-state index contributed by atoms with van der Waals surface area (Å²) in [6.07, 6.45) is -3.13. The van der Waals surface area contributed by atoms with Gasteiger partial charge in [-0.3, -0.25) is 0 Å². The molecule has 0 saturated carbocycles. The third-order valence-electron chi connectivity index (χ3n) is 3.48. The van der Waals surface area contributed by atoms with Crippen LogP contribution in [0, 0.1) is 18.3 Å². The van der Waals surface area contributed by atoms with Gasteiger partial charge in [-0.15, -0.1) is 11.8 Å². The first-order valence-electron chi connectivity index (χ1n) is 7.32. The van der Waals surface area contributed by atoms with E-state index in [0.29, 0.717) is 5.75 Å². The second-order valence-electron chi connectivity index (χ2n) is 5.25. The quantitative estimate of drug-likeness (QED) is 0.368. The highest BCUT2D eigenvalue weighted by Crippen LogP contribution is 2.34. The number of pyridine rings is 1. The zero-order valence-corrected chi connectivity index (χ0v) is 14.8. The smallest absolute Gasteiger partial charge is 0.433 e. The zero-order chi connectivity index (χ0) is 19.3. The summed E-state index contributed by atoms with van der Waals surface area (Å²) in [4.78, 5) is 3.63. The van der Waals surface area contributed by atoms with Crippen LogP contribution < -0.4 is 10.6 Å². The predicted molar refractivity (Wildman–Crippen MR) is 93.0 cm³/mol. The molecular weight excluding hydrogens is 365 g/mol. The molecule has 5 nitrogen and oxygen atoms in total. The summed E-state index contributed by atoms with van der Waals surface area (Å²) < 4.78 is 44.3.